The number of nitrogens with one attached hydrogen (secondary N) is 1. The number of esters is 1. The van der Waals surface area contributed by atoms with Crippen molar-refractivity contribution in [2.45, 2.75) is 19.9 Å². The van der Waals surface area contributed by atoms with Crippen LogP contribution in [0.25, 0.3) is 22.0 Å². The van der Waals surface area contributed by atoms with Crippen molar-refractivity contribution in [3.05, 3.63) is 57.7 Å². The summed E-state index contributed by atoms with van der Waals surface area (Å²) in [6.45, 7) is 3.95. The van der Waals surface area contributed by atoms with Gasteiger partial charge in [-0.15, -0.1) is 0 Å². The number of fused-ring (bicyclic) bond motifs is 1. The molecule has 0 bridgehead atoms. The number of H-pyrrole nitrogens is 1. The fraction of sp³-hybridized carbons (Fsp3) is 0.211. The molecule has 0 aliphatic heterocycles. The topological polar surface area (TPSA) is 68.1 Å². The molecule has 4 nitrogen and oxygen atoms in total. The third-order valence-corrected chi connectivity index (χ3v) is 4.42. The molecule has 1 heterocycles. The number of para-hydroxylation sites is 1. The lowest BCUT2D eigenvalue weighted by atomic mass is 9.99. The zero-order chi connectivity index (χ0) is 18.1. The minimum atomic E-state index is -0.430. The van der Waals surface area contributed by atoms with E-state index >= 15 is 0 Å². The average molecular weight is 377 g/mol. The van der Waals surface area contributed by atoms with Crippen molar-refractivity contribution in [3.63, 3.8) is 0 Å². The summed E-state index contributed by atoms with van der Waals surface area (Å²) in [7, 11) is 0. The van der Waals surface area contributed by atoms with Crippen LogP contribution in [-0.2, 0) is 4.74 Å². The van der Waals surface area contributed by atoms with E-state index in [-0.39, 0.29) is 12.6 Å². The summed E-state index contributed by atoms with van der Waals surface area (Å²) in [5.41, 5.74) is 9.63. The number of aromatic amines is 1. The lowest BCUT2D eigenvalue weighted by Gasteiger charge is -2.08. The van der Waals surface area contributed by atoms with Crippen molar-refractivity contribution >= 4 is 40.1 Å². The molecular weight excluding hydrogens is 359 g/mol. The minimum Gasteiger partial charge on any atom is -0.461 e. The standard InChI is InChI=1S/C19H18Cl2N2O2/c1-3-25-19(24)18-16(11-7-12(20)9-13(21)8-11)15-6-4-5-14(10(2)22)17(15)23-18/h4-10,23H,3,22H2,1-2H3. The summed E-state index contributed by atoms with van der Waals surface area (Å²) in [6, 6.07) is 10.8. The molecule has 0 saturated heterocycles. The van der Waals surface area contributed by atoms with E-state index < -0.39 is 5.97 Å². The van der Waals surface area contributed by atoms with E-state index in [0.717, 1.165) is 22.0 Å². The van der Waals surface area contributed by atoms with Gasteiger partial charge < -0.3 is 15.5 Å². The summed E-state index contributed by atoms with van der Waals surface area (Å²) in [6.07, 6.45) is 0. The van der Waals surface area contributed by atoms with Crippen LogP contribution in [0.2, 0.25) is 10.0 Å². The zero-order valence-electron chi connectivity index (χ0n) is 13.9. The summed E-state index contributed by atoms with van der Waals surface area (Å²) in [5, 5.41) is 1.86. The van der Waals surface area contributed by atoms with Crippen LogP contribution in [0, 0.1) is 0 Å². The number of aromatic nitrogens is 1. The Kier molecular flexibility index (Phi) is 5.04. The molecule has 1 unspecified atom stereocenters. The second kappa shape index (κ2) is 7.08. The Labute approximate surface area is 155 Å². The van der Waals surface area contributed by atoms with Crippen molar-refractivity contribution in [2.24, 2.45) is 5.73 Å². The van der Waals surface area contributed by atoms with E-state index in [1.807, 2.05) is 25.1 Å². The van der Waals surface area contributed by atoms with Gasteiger partial charge in [-0.1, -0.05) is 41.4 Å². The Morgan fingerprint density at radius 3 is 2.52 bits per heavy atom. The molecular formula is C19H18Cl2N2O2. The molecule has 6 heteroatoms. The van der Waals surface area contributed by atoms with Crippen LogP contribution in [0.1, 0.15) is 35.9 Å². The Morgan fingerprint density at radius 1 is 1.24 bits per heavy atom. The van der Waals surface area contributed by atoms with Gasteiger partial charge >= 0.3 is 5.97 Å². The number of hydrogen-bond donors (Lipinski definition) is 2. The van der Waals surface area contributed by atoms with Gasteiger partial charge in [0, 0.05) is 27.0 Å². The Bertz CT molecular complexity index is 928. The van der Waals surface area contributed by atoms with E-state index in [1.165, 1.54) is 0 Å². The van der Waals surface area contributed by atoms with Gasteiger partial charge in [0.05, 0.1) is 12.1 Å². The van der Waals surface area contributed by atoms with Crippen LogP contribution >= 0.6 is 23.2 Å². The second-order valence-electron chi connectivity index (χ2n) is 5.81. The van der Waals surface area contributed by atoms with Gasteiger partial charge in [-0.05, 0) is 43.2 Å². The molecule has 1 atom stereocenters. The molecule has 0 saturated carbocycles. The van der Waals surface area contributed by atoms with Gasteiger partial charge in [0.1, 0.15) is 5.69 Å². The van der Waals surface area contributed by atoms with Crippen LogP contribution in [0.3, 0.4) is 0 Å². The highest BCUT2D eigenvalue weighted by molar-refractivity contribution is 6.35. The quantitative estimate of drug-likeness (QED) is 0.603. The highest BCUT2D eigenvalue weighted by Crippen LogP contribution is 2.37. The molecule has 0 aliphatic rings. The van der Waals surface area contributed by atoms with Crippen LogP contribution in [0.4, 0.5) is 0 Å². The highest BCUT2D eigenvalue weighted by atomic mass is 35.5. The molecule has 0 amide bonds. The maximum atomic E-state index is 12.5. The molecule has 0 radical (unpaired) electrons. The minimum absolute atomic E-state index is 0.187. The number of rotatable bonds is 4. The molecule has 1 aromatic heterocycles. The van der Waals surface area contributed by atoms with Crippen molar-refractivity contribution < 1.29 is 9.53 Å². The fourth-order valence-electron chi connectivity index (χ4n) is 2.97. The van der Waals surface area contributed by atoms with Crippen molar-refractivity contribution in [3.8, 4) is 11.1 Å². The lowest BCUT2D eigenvalue weighted by molar-refractivity contribution is 0.0521. The Balaban J connectivity index is 2.36. The zero-order valence-corrected chi connectivity index (χ0v) is 15.4. The summed E-state index contributed by atoms with van der Waals surface area (Å²) >= 11 is 12.3. The van der Waals surface area contributed by atoms with Crippen LogP contribution in [0.5, 0.6) is 0 Å². The van der Waals surface area contributed by atoms with Gasteiger partial charge in [-0.2, -0.15) is 0 Å². The summed E-state index contributed by atoms with van der Waals surface area (Å²) in [5.74, 6) is -0.430. The van der Waals surface area contributed by atoms with E-state index in [1.54, 1.807) is 25.1 Å². The molecule has 3 aromatic rings. The fourth-order valence-corrected chi connectivity index (χ4v) is 3.50. The van der Waals surface area contributed by atoms with E-state index in [0.29, 0.717) is 21.3 Å². The third kappa shape index (κ3) is 3.38. The second-order valence-corrected chi connectivity index (χ2v) is 6.68. The van der Waals surface area contributed by atoms with E-state index in [9.17, 15) is 4.79 Å². The maximum absolute atomic E-state index is 12.5. The number of carbonyl (C=O) groups excluding carboxylic acids is 1. The van der Waals surface area contributed by atoms with Gasteiger partial charge in [0.2, 0.25) is 0 Å². The summed E-state index contributed by atoms with van der Waals surface area (Å²) in [4.78, 5) is 15.7. The first-order valence-corrected chi connectivity index (χ1v) is 8.71. The van der Waals surface area contributed by atoms with Gasteiger partial charge in [0.15, 0.2) is 0 Å². The van der Waals surface area contributed by atoms with Crippen molar-refractivity contribution in [2.75, 3.05) is 6.61 Å². The monoisotopic (exact) mass is 376 g/mol. The lowest BCUT2D eigenvalue weighted by Crippen LogP contribution is -2.07. The molecule has 2 aromatic carbocycles. The molecule has 130 valence electrons. The summed E-state index contributed by atoms with van der Waals surface area (Å²) < 4.78 is 5.21. The van der Waals surface area contributed by atoms with Crippen LogP contribution in [-0.4, -0.2) is 17.6 Å². The first-order valence-electron chi connectivity index (χ1n) is 7.96. The predicted molar refractivity (Wildman–Crippen MR) is 102 cm³/mol. The normalized spacial score (nSPS) is 12.4. The van der Waals surface area contributed by atoms with Gasteiger partial charge in [-0.25, -0.2) is 4.79 Å². The van der Waals surface area contributed by atoms with Gasteiger partial charge in [0.25, 0.3) is 0 Å². The Morgan fingerprint density at radius 2 is 1.92 bits per heavy atom. The Hall–Kier alpha value is -2.01. The predicted octanol–water partition coefficient (Wildman–Crippen LogP) is 5.34. The van der Waals surface area contributed by atoms with E-state index in [2.05, 4.69) is 4.98 Å². The molecule has 3 rings (SSSR count). The van der Waals surface area contributed by atoms with E-state index in [4.69, 9.17) is 33.7 Å². The highest BCUT2D eigenvalue weighted by Gasteiger charge is 2.22. The van der Waals surface area contributed by atoms with Crippen LogP contribution < -0.4 is 5.73 Å². The molecule has 0 spiro atoms. The number of nitrogens with two attached hydrogens (primary N) is 1. The first-order chi connectivity index (χ1) is 11.9. The number of halogens is 2. The SMILES string of the molecule is CCOC(=O)c1[nH]c2c(C(C)N)cccc2c1-c1cc(Cl)cc(Cl)c1. The molecule has 3 N–H and O–H groups in total. The van der Waals surface area contributed by atoms with Crippen molar-refractivity contribution in [1.29, 1.82) is 0 Å². The molecule has 25 heavy (non-hydrogen) atoms. The number of benzene rings is 2. The van der Waals surface area contributed by atoms with Crippen molar-refractivity contribution in [1.82, 2.24) is 4.98 Å². The van der Waals surface area contributed by atoms with Crippen LogP contribution in [0.15, 0.2) is 36.4 Å². The molecule has 0 aliphatic carbocycles. The smallest absolute Gasteiger partial charge is 0.355 e. The average Bonchev–Trinajstić information content (AvgIpc) is 2.93. The maximum Gasteiger partial charge on any atom is 0.355 e. The first kappa shape index (κ1) is 17.8. The molecule has 0 fully saturated rings. The number of hydrogen-bond acceptors (Lipinski definition) is 3. The largest absolute Gasteiger partial charge is 0.461 e. The number of ether oxygens (including phenoxy) is 1. The number of carbonyl (C=O) groups is 1. The van der Waals surface area contributed by atoms with Gasteiger partial charge in [-0.3, -0.25) is 0 Å². The third-order valence-electron chi connectivity index (χ3n) is 3.99.